The molecule has 1 fully saturated rings. The van der Waals surface area contributed by atoms with Crippen molar-refractivity contribution >= 4 is 29.0 Å². The lowest BCUT2D eigenvalue weighted by atomic mass is 10.1. The van der Waals surface area contributed by atoms with E-state index in [9.17, 15) is 22.8 Å². The number of alkyl halides is 3. The number of imidazole rings is 1. The van der Waals surface area contributed by atoms with Crippen molar-refractivity contribution in [1.82, 2.24) is 19.4 Å². The molecule has 1 aromatic carbocycles. The summed E-state index contributed by atoms with van der Waals surface area (Å²) in [5.74, 6) is -0.549. The molecule has 2 amide bonds. The van der Waals surface area contributed by atoms with E-state index >= 15 is 0 Å². The Morgan fingerprint density at radius 1 is 1.14 bits per heavy atom. The fourth-order valence-corrected chi connectivity index (χ4v) is 4.08. The number of rotatable bonds is 3. The Kier molecular flexibility index (Phi) is 8.45. The molecule has 0 spiro atoms. The Balaban J connectivity index is 0.00000186. The van der Waals surface area contributed by atoms with Gasteiger partial charge in [-0.15, -0.1) is 0 Å². The smallest absolute Gasteiger partial charge is 0.416 e. The van der Waals surface area contributed by atoms with Crippen LogP contribution in [-0.2, 0) is 10.9 Å². The number of ether oxygens (including phenoxy) is 1. The number of likely N-dealkylation sites (tertiary alicyclic amines) is 1. The molecule has 1 atom stereocenters. The highest BCUT2D eigenvalue weighted by Gasteiger charge is 2.32. The third kappa shape index (κ3) is 6.78. The van der Waals surface area contributed by atoms with Crippen LogP contribution in [0.15, 0.2) is 42.7 Å². The number of halogens is 3. The first kappa shape index (κ1) is 27.9. The van der Waals surface area contributed by atoms with E-state index in [1.165, 1.54) is 12.1 Å². The fraction of sp³-hybridized carbons (Fsp3) is 0.462. The lowest BCUT2D eigenvalue weighted by Gasteiger charge is -2.35. The van der Waals surface area contributed by atoms with Crippen molar-refractivity contribution in [3.05, 3.63) is 53.9 Å². The summed E-state index contributed by atoms with van der Waals surface area (Å²) in [5, 5.41) is 2.66. The SMILES string of the molecule is CC.CC(C)(C)OC(=O)N1CCCC(n2c(NC(=O)c3cccc(C(F)(F)F)c3)nc3cnccc32)C1. The number of benzene rings is 1. The van der Waals surface area contributed by atoms with Gasteiger partial charge in [-0.3, -0.25) is 15.1 Å². The van der Waals surface area contributed by atoms with Crippen molar-refractivity contribution in [3.8, 4) is 0 Å². The lowest BCUT2D eigenvalue weighted by Crippen LogP contribution is -2.43. The topological polar surface area (TPSA) is 89.4 Å². The predicted molar refractivity (Wildman–Crippen MR) is 134 cm³/mol. The van der Waals surface area contributed by atoms with Gasteiger partial charge in [-0.25, -0.2) is 9.78 Å². The van der Waals surface area contributed by atoms with Gasteiger partial charge in [0.1, 0.15) is 11.1 Å². The van der Waals surface area contributed by atoms with Crippen molar-refractivity contribution < 1.29 is 27.5 Å². The van der Waals surface area contributed by atoms with Gasteiger partial charge in [0.25, 0.3) is 5.91 Å². The van der Waals surface area contributed by atoms with Crippen molar-refractivity contribution in [2.24, 2.45) is 0 Å². The van der Waals surface area contributed by atoms with Crippen LogP contribution >= 0.6 is 0 Å². The van der Waals surface area contributed by atoms with Gasteiger partial charge in [0.2, 0.25) is 5.95 Å². The van der Waals surface area contributed by atoms with Crippen LogP contribution in [0.5, 0.6) is 0 Å². The maximum atomic E-state index is 13.1. The molecule has 2 aromatic heterocycles. The van der Waals surface area contributed by atoms with E-state index in [4.69, 9.17) is 4.74 Å². The van der Waals surface area contributed by atoms with Crippen LogP contribution in [0.25, 0.3) is 11.0 Å². The Morgan fingerprint density at radius 3 is 2.54 bits per heavy atom. The standard InChI is InChI=1S/C24H26F3N5O3.C2H6/c1-23(2,3)35-22(34)31-11-5-8-17(14-31)32-19-9-10-28-13-18(19)29-21(32)30-20(33)15-6-4-7-16(12-15)24(25,26)27;1-2/h4,6-7,9-10,12-13,17H,5,8,11,14H2,1-3H3,(H,29,30,33);1-2H3. The van der Waals surface area contributed by atoms with E-state index in [1.807, 2.05) is 13.8 Å². The highest BCUT2D eigenvalue weighted by molar-refractivity contribution is 6.04. The van der Waals surface area contributed by atoms with Crippen LogP contribution in [0.3, 0.4) is 0 Å². The maximum absolute atomic E-state index is 13.1. The summed E-state index contributed by atoms with van der Waals surface area (Å²) in [6.07, 6.45) is -0.451. The first-order valence-electron chi connectivity index (χ1n) is 12.2. The summed E-state index contributed by atoms with van der Waals surface area (Å²) in [5.41, 5.74) is -0.489. The van der Waals surface area contributed by atoms with Crippen LogP contribution in [-0.4, -0.2) is 50.1 Å². The molecule has 0 radical (unpaired) electrons. The molecular weight excluding hydrogens is 487 g/mol. The Morgan fingerprint density at radius 2 is 1.86 bits per heavy atom. The summed E-state index contributed by atoms with van der Waals surface area (Å²) in [7, 11) is 0. The summed E-state index contributed by atoms with van der Waals surface area (Å²) in [6, 6.07) is 5.71. The minimum Gasteiger partial charge on any atom is -0.444 e. The number of hydrogen-bond acceptors (Lipinski definition) is 5. The maximum Gasteiger partial charge on any atom is 0.416 e. The van der Waals surface area contributed by atoms with Gasteiger partial charge < -0.3 is 14.2 Å². The zero-order valence-electron chi connectivity index (χ0n) is 21.6. The summed E-state index contributed by atoms with van der Waals surface area (Å²) in [6.45, 7) is 10.2. The Bertz CT molecular complexity index is 1250. The first-order valence-corrected chi connectivity index (χ1v) is 12.2. The number of piperidine rings is 1. The van der Waals surface area contributed by atoms with Crippen LogP contribution in [0.2, 0.25) is 0 Å². The highest BCUT2D eigenvalue weighted by Crippen LogP contribution is 2.32. The van der Waals surface area contributed by atoms with E-state index < -0.39 is 29.3 Å². The van der Waals surface area contributed by atoms with Crippen molar-refractivity contribution in [2.75, 3.05) is 18.4 Å². The fourth-order valence-electron chi connectivity index (χ4n) is 4.08. The molecular formula is C26H32F3N5O3. The quantitative estimate of drug-likeness (QED) is 0.439. The van der Waals surface area contributed by atoms with Crippen molar-refractivity contribution in [2.45, 2.75) is 65.3 Å². The number of hydrogen-bond donors (Lipinski definition) is 1. The second kappa shape index (κ2) is 11.2. The highest BCUT2D eigenvalue weighted by atomic mass is 19.4. The van der Waals surface area contributed by atoms with Crippen LogP contribution in [0, 0.1) is 0 Å². The minimum atomic E-state index is -4.57. The third-order valence-electron chi connectivity index (χ3n) is 5.58. The zero-order chi connectivity index (χ0) is 27.4. The first-order chi connectivity index (χ1) is 17.4. The molecule has 11 heteroatoms. The largest absolute Gasteiger partial charge is 0.444 e. The third-order valence-corrected chi connectivity index (χ3v) is 5.58. The van der Waals surface area contributed by atoms with Crippen LogP contribution < -0.4 is 5.32 Å². The number of carbonyl (C=O) groups is 2. The molecule has 0 saturated carbocycles. The van der Waals surface area contributed by atoms with E-state index in [1.54, 1.807) is 48.7 Å². The summed E-state index contributed by atoms with van der Waals surface area (Å²) < 4.78 is 46.7. The summed E-state index contributed by atoms with van der Waals surface area (Å²) >= 11 is 0. The monoisotopic (exact) mass is 519 g/mol. The molecule has 1 N–H and O–H groups in total. The number of anilines is 1. The van der Waals surface area contributed by atoms with E-state index in [2.05, 4.69) is 15.3 Å². The molecule has 0 aliphatic carbocycles. The zero-order valence-corrected chi connectivity index (χ0v) is 21.6. The van der Waals surface area contributed by atoms with Gasteiger partial charge >= 0.3 is 12.3 Å². The number of carbonyl (C=O) groups excluding carboxylic acids is 2. The van der Waals surface area contributed by atoms with Gasteiger partial charge in [0.05, 0.1) is 23.3 Å². The number of aromatic nitrogens is 3. The molecule has 1 unspecified atom stereocenters. The van der Waals surface area contributed by atoms with Crippen LogP contribution in [0.1, 0.15) is 69.4 Å². The average Bonchev–Trinajstić information content (AvgIpc) is 3.21. The van der Waals surface area contributed by atoms with E-state index in [0.29, 0.717) is 37.0 Å². The molecule has 8 nitrogen and oxygen atoms in total. The van der Waals surface area contributed by atoms with Crippen LogP contribution in [0.4, 0.5) is 23.9 Å². The molecule has 1 aliphatic heterocycles. The molecule has 3 aromatic rings. The molecule has 0 bridgehead atoms. The molecule has 1 aliphatic rings. The number of amides is 2. The average molecular weight is 520 g/mol. The van der Waals surface area contributed by atoms with E-state index in [-0.39, 0.29) is 17.6 Å². The molecule has 37 heavy (non-hydrogen) atoms. The number of fused-ring (bicyclic) bond motifs is 1. The molecule has 3 heterocycles. The van der Waals surface area contributed by atoms with E-state index in [0.717, 1.165) is 12.1 Å². The van der Waals surface area contributed by atoms with Gasteiger partial charge in [-0.1, -0.05) is 19.9 Å². The summed E-state index contributed by atoms with van der Waals surface area (Å²) in [4.78, 5) is 35.7. The number of nitrogens with one attached hydrogen (secondary N) is 1. The normalized spacial score (nSPS) is 16.1. The minimum absolute atomic E-state index is 0.143. The van der Waals surface area contributed by atoms with Gasteiger partial charge in [0, 0.05) is 24.8 Å². The lowest BCUT2D eigenvalue weighted by molar-refractivity contribution is -0.137. The van der Waals surface area contributed by atoms with Gasteiger partial charge in [-0.2, -0.15) is 13.2 Å². The molecule has 4 rings (SSSR count). The second-order valence-corrected chi connectivity index (χ2v) is 9.42. The predicted octanol–water partition coefficient (Wildman–Crippen LogP) is 6.30. The van der Waals surface area contributed by atoms with Crippen molar-refractivity contribution in [3.63, 3.8) is 0 Å². The molecule has 200 valence electrons. The van der Waals surface area contributed by atoms with Gasteiger partial charge in [0.15, 0.2) is 0 Å². The number of nitrogens with zero attached hydrogens (tertiary/aromatic N) is 4. The van der Waals surface area contributed by atoms with Crippen molar-refractivity contribution in [1.29, 1.82) is 0 Å². The Labute approximate surface area is 213 Å². The number of pyridine rings is 1. The molecule has 1 saturated heterocycles. The Hall–Kier alpha value is -3.63. The van der Waals surface area contributed by atoms with Gasteiger partial charge in [-0.05, 0) is 57.9 Å². The second-order valence-electron chi connectivity index (χ2n) is 9.42.